The summed E-state index contributed by atoms with van der Waals surface area (Å²) in [6.07, 6.45) is 4.26. The Balaban J connectivity index is 1.61. The van der Waals surface area contributed by atoms with Crippen LogP contribution in [0.3, 0.4) is 0 Å². The molecule has 0 saturated carbocycles. The number of aromatic hydroxyl groups is 1. The molecular formula is C53H78N6O19P2. The number of benzene rings is 1. The lowest BCUT2D eigenvalue weighted by Gasteiger charge is -2.39. The molecule has 4 bridgehead atoms. The topological polar surface area (TPSA) is 359 Å². The molecule has 4 aliphatic heterocycles. The lowest BCUT2D eigenvalue weighted by atomic mass is 9.78. The van der Waals surface area contributed by atoms with Crippen LogP contribution in [0.15, 0.2) is 52.5 Å². The van der Waals surface area contributed by atoms with Crippen LogP contribution in [0.5, 0.6) is 11.5 Å². The molecule has 80 heavy (non-hydrogen) atoms. The zero-order valence-electron chi connectivity index (χ0n) is 47.4. The van der Waals surface area contributed by atoms with Gasteiger partial charge in [0.15, 0.2) is 6.29 Å². The Labute approximate surface area is 465 Å². The summed E-state index contributed by atoms with van der Waals surface area (Å²) in [7, 11) is -8.41. The van der Waals surface area contributed by atoms with E-state index in [1.807, 2.05) is 0 Å². The molecule has 0 radical (unpaired) electrons. The molecule has 1 fully saturated rings. The first-order valence-electron chi connectivity index (χ1n) is 26.2. The van der Waals surface area contributed by atoms with Gasteiger partial charge in [0.25, 0.3) is 5.91 Å². The molecule has 1 aliphatic carbocycles. The first kappa shape index (κ1) is 65.2. The number of likely N-dealkylation sites (tertiary alicyclic amines) is 1. The number of ether oxygens (including phenoxy) is 5. The van der Waals surface area contributed by atoms with Gasteiger partial charge in [0, 0.05) is 101 Å². The highest BCUT2D eigenvalue weighted by molar-refractivity contribution is 7.70. The van der Waals surface area contributed by atoms with Crippen LogP contribution in [0.4, 0.5) is 0 Å². The number of Topliss-reactive ketones (excluding diaryl/α,β-unsaturated/α-hetero) is 1. The van der Waals surface area contributed by atoms with Crippen molar-refractivity contribution in [2.24, 2.45) is 34.6 Å². The van der Waals surface area contributed by atoms with Gasteiger partial charge in [-0.3, -0.25) is 47.8 Å². The fourth-order valence-corrected chi connectivity index (χ4v) is 12.6. The summed E-state index contributed by atoms with van der Waals surface area (Å²) < 4.78 is 53.8. The first-order chi connectivity index (χ1) is 37.1. The Bertz CT molecular complexity index is 2790. The maximum atomic E-state index is 14.9. The number of carbonyl (C=O) groups excluding carboxylic acids is 6. The van der Waals surface area contributed by atoms with Crippen molar-refractivity contribution in [3.63, 3.8) is 0 Å². The molecule has 2 amide bonds. The number of carbonyl (C=O) groups is 6. The molecule has 8 atom stereocenters. The minimum atomic E-state index is -5.54. The van der Waals surface area contributed by atoms with Gasteiger partial charge in [-0.1, -0.05) is 59.8 Å². The number of aliphatic hydroxyl groups excluding tert-OH is 1. The van der Waals surface area contributed by atoms with Gasteiger partial charge in [-0.15, -0.1) is 0 Å². The number of phenols is 1. The van der Waals surface area contributed by atoms with Crippen molar-refractivity contribution in [1.29, 1.82) is 0 Å². The van der Waals surface area contributed by atoms with E-state index in [2.05, 4.69) is 29.4 Å². The summed E-state index contributed by atoms with van der Waals surface area (Å²) >= 11 is 0. The third-order valence-electron chi connectivity index (χ3n) is 14.6. The van der Waals surface area contributed by atoms with Crippen LogP contribution in [0, 0.1) is 36.5 Å². The van der Waals surface area contributed by atoms with Crippen molar-refractivity contribution in [2.45, 2.75) is 130 Å². The van der Waals surface area contributed by atoms with Gasteiger partial charge in [-0.25, -0.2) is 0 Å². The van der Waals surface area contributed by atoms with E-state index in [0.29, 0.717) is 38.1 Å². The van der Waals surface area contributed by atoms with Crippen molar-refractivity contribution in [3.05, 3.63) is 69.8 Å². The minimum absolute atomic E-state index is 0.00310. The highest BCUT2D eigenvalue weighted by Gasteiger charge is 2.49. The molecule has 1 aromatic carbocycles. The zero-order chi connectivity index (χ0) is 60.1. The van der Waals surface area contributed by atoms with Crippen molar-refractivity contribution in [1.82, 2.24) is 25.8 Å². The number of nitrogens with one attached hydrogen (secondary N) is 3. The number of aliphatic imine (C=N–C) groups is 1. The molecule has 1 aromatic rings. The van der Waals surface area contributed by atoms with E-state index in [-0.39, 0.29) is 50.7 Å². The van der Waals surface area contributed by atoms with E-state index in [1.165, 1.54) is 59.4 Å². The third-order valence-corrected chi connectivity index (χ3v) is 17.9. The van der Waals surface area contributed by atoms with Crippen LogP contribution in [-0.4, -0.2) is 169 Å². The van der Waals surface area contributed by atoms with Crippen LogP contribution < -0.4 is 20.7 Å². The third kappa shape index (κ3) is 15.5. The Morgan fingerprint density at radius 2 is 1.56 bits per heavy atom. The van der Waals surface area contributed by atoms with Crippen molar-refractivity contribution in [2.75, 3.05) is 46.9 Å². The smallest absolute Gasteiger partial charge is 0.360 e. The Kier molecular flexibility index (Phi) is 21.3. The first-order valence-corrected chi connectivity index (χ1v) is 29.5. The molecule has 25 nitrogen and oxygen atoms in total. The van der Waals surface area contributed by atoms with E-state index in [9.17, 15) is 67.7 Å². The average Bonchev–Trinajstić information content (AvgIpc) is 3.72. The molecule has 1 saturated heterocycles. The highest BCUT2D eigenvalue weighted by atomic mass is 31.2. The van der Waals surface area contributed by atoms with Gasteiger partial charge in [-0.2, -0.15) is 0 Å². The molecule has 444 valence electrons. The van der Waals surface area contributed by atoms with Crippen molar-refractivity contribution in [3.8, 4) is 11.5 Å². The molecule has 27 heteroatoms. The van der Waals surface area contributed by atoms with E-state index in [0.717, 1.165) is 11.4 Å². The van der Waals surface area contributed by atoms with Gasteiger partial charge < -0.3 is 74.3 Å². The predicted octanol–water partition coefficient (Wildman–Crippen LogP) is 3.49. The molecular weight excluding hydrogens is 1090 g/mol. The number of hydrogen-bond donors (Lipinski definition) is 9. The van der Waals surface area contributed by atoms with E-state index in [1.54, 1.807) is 52.9 Å². The monoisotopic (exact) mass is 1160 g/mol. The summed E-state index contributed by atoms with van der Waals surface area (Å²) in [6, 6.07) is 0. The number of hydrogen-bond acceptors (Lipinski definition) is 19. The number of methoxy groups -OCH3 is 1. The molecule has 9 N–H and O–H groups in total. The number of phenolic OH excluding ortho intramolecular Hbond substituents is 1. The quantitative estimate of drug-likeness (QED) is 0.0775. The second kappa shape index (κ2) is 26.1. The summed E-state index contributed by atoms with van der Waals surface area (Å²) in [4.78, 5) is 128. The maximum absolute atomic E-state index is 14.9. The molecule has 4 heterocycles. The number of fused-ring (bicyclic) bond motifs is 17. The number of likely N-dealkylation sites (N-methyl/N-ethyl adjacent to an activating group) is 1. The number of nitrogens with zero attached hydrogens (tertiary/aromatic N) is 3. The number of ketones is 1. The average molecular weight is 1170 g/mol. The lowest BCUT2D eigenvalue weighted by molar-refractivity contribution is -0.165. The number of aliphatic hydroxyl groups is 1. The summed E-state index contributed by atoms with van der Waals surface area (Å²) in [6.45, 7) is 18.7. The van der Waals surface area contributed by atoms with Gasteiger partial charge >= 0.3 is 27.1 Å². The van der Waals surface area contributed by atoms with Crippen molar-refractivity contribution < 1.29 is 91.4 Å². The molecule has 0 aromatic heterocycles. The molecule has 1 spiro atoms. The number of allylic oxidation sites excluding steroid dienone is 4. The maximum Gasteiger partial charge on any atom is 0.360 e. The number of rotatable bonds is 13. The van der Waals surface area contributed by atoms with Crippen LogP contribution in [0.1, 0.15) is 114 Å². The minimum Gasteiger partial charge on any atom is -0.507 e. The number of esters is 2. The molecule has 6 rings (SSSR count). The predicted molar refractivity (Wildman–Crippen MR) is 291 cm³/mol. The largest absolute Gasteiger partial charge is 0.507 e. The zero-order valence-corrected chi connectivity index (χ0v) is 49.2. The summed E-state index contributed by atoms with van der Waals surface area (Å²) in [5.74, 6) is -9.64. The van der Waals surface area contributed by atoms with E-state index < -0.39 is 129 Å². The standard InChI is InChI=1S/C53H78N6O19P2/c1-27(2)23-59-20-18-53(19-21-59)56-41-39-35(26-60)49-33(8)45(65)40(39)46(66)43(42(41)57-53)55-50(67)29(4)16-14-15-28(3)47(77-38(63)25-58(12)24-37(62)54-51(79(68,69)70)80(71,72)73)31(6)44(64)32(7)48(76-34(9)61)30(5)36(74-13)17-22-75-52(10,11)78-49/h14-17,22,26-28,30-32,36,44,47-48,51,57,64-65H,18-21,23-25H2,1-13H3,(H,54,62)(H,55,67)(H2,68,69,70)(H2,71,72,73)/b15-14+,22-17+,29-16-/t28-,30+,31-,32+,36-,44+,47-,48+/m0/s1. The van der Waals surface area contributed by atoms with Gasteiger partial charge in [-0.05, 0) is 32.9 Å². The fourth-order valence-electron chi connectivity index (χ4n) is 10.4. The SMILES string of the molecule is CO[C@H]1/C=C/OC(C)(C)Oc2c(C)c(O)c3c(c2C=O)C2=NC4(CCN(CC(C)C)CC4)NC2=C(NC(=O)/C(C)=C\C=C\[C@H](C)[C@H](OC(=O)CN(C)CC(=O)NC(P(=O)(O)O)P(=O)(O)O)[C@@H](C)[C@@H](O)[C@@H](C)[C@H](OC(C)=O)[C@@H]1C)C3=O. The number of amides is 2. The highest BCUT2D eigenvalue weighted by Crippen LogP contribution is 2.58. The summed E-state index contributed by atoms with van der Waals surface area (Å²) in [5.41, 5.74) is -4.01. The Morgan fingerprint density at radius 3 is 2.12 bits per heavy atom. The second-order valence-corrected chi connectivity index (χ2v) is 25.9. The van der Waals surface area contributed by atoms with E-state index >= 15 is 0 Å². The number of piperidine rings is 1. The van der Waals surface area contributed by atoms with Gasteiger partial charge in [0.05, 0.1) is 54.1 Å². The van der Waals surface area contributed by atoms with Gasteiger partial charge in [0.2, 0.25) is 23.0 Å². The van der Waals surface area contributed by atoms with Gasteiger partial charge in [0.1, 0.15) is 35.1 Å². The van der Waals surface area contributed by atoms with Crippen LogP contribution in [0.25, 0.3) is 0 Å². The molecule has 0 unspecified atom stereocenters. The number of aldehydes is 1. The van der Waals surface area contributed by atoms with E-state index in [4.69, 9.17) is 28.7 Å². The Morgan fingerprint density at radius 1 is 0.950 bits per heavy atom. The second-order valence-electron chi connectivity index (χ2n) is 22.1. The van der Waals surface area contributed by atoms with Crippen LogP contribution in [-0.2, 0) is 47.3 Å². The lowest BCUT2D eigenvalue weighted by Crippen LogP contribution is -2.50. The van der Waals surface area contributed by atoms with Crippen LogP contribution >= 0.6 is 15.2 Å². The Hall–Kier alpha value is -5.59. The summed E-state index contributed by atoms with van der Waals surface area (Å²) in [5, 5.41) is 32.0. The fraction of sp³-hybridized carbons (Fsp3) is 0.604. The normalized spacial score (nSPS) is 27.4. The molecule has 5 aliphatic rings. The van der Waals surface area contributed by atoms with Crippen LogP contribution in [0.2, 0.25) is 0 Å². The van der Waals surface area contributed by atoms with Crippen molar-refractivity contribution >= 4 is 56.7 Å².